The Bertz CT molecular complexity index is 2670. The van der Waals surface area contributed by atoms with Crippen LogP contribution in [0.2, 0.25) is 0 Å². The van der Waals surface area contributed by atoms with E-state index in [1.807, 2.05) is 0 Å². The Balaban J connectivity index is 1.17. The van der Waals surface area contributed by atoms with E-state index in [-0.39, 0.29) is 5.41 Å². The van der Waals surface area contributed by atoms with Gasteiger partial charge in [0.2, 0.25) is 0 Å². The van der Waals surface area contributed by atoms with Gasteiger partial charge in [0.1, 0.15) is 11.2 Å². The average Bonchev–Trinajstić information content (AvgIpc) is 3.69. The van der Waals surface area contributed by atoms with Crippen LogP contribution in [-0.4, -0.2) is 0 Å². The van der Waals surface area contributed by atoms with Crippen molar-refractivity contribution in [1.29, 1.82) is 0 Å². The van der Waals surface area contributed by atoms with Crippen molar-refractivity contribution in [2.75, 3.05) is 4.90 Å². The van der Waals surface area contributed by atoms with Crippen LogP contribution in [0.15, 0.2) is 186 Å². The first-order valence-electron chi connectivity index (χ1n) is 17.3. The molecule has 1 aliphatic carbocycles. The zero-order valence-corrected chi connectivity index (χ0v) is 27.7. The molecule has 0 aliphatic heterocycles. The number of hydrogen-bond donors (Lipinski definition) is 0. The fourth-order valence-electron chi connectivity index (χ4n) is 8.33. The summed E-state index contributed by atoms with van der Waals surface area (Å²) in [5, 5.41) is 4.64. The number of para-hydroxylation sites is 1. The van der Waals surface area contributed by atoms with Crippen molar-refractivity contribution in [3.8, 4) is 22.3 Å². The van der Waals surface area contributed by atoms with Crippen molar-refractivity contribution < 1.29 is 4.42 Å². The van der Waals surface area contributed by atoms with Gasteiger partial charge in [0.05, 0.1) is 5.69 Å². The van der Waals surface area contributed by atoms with E-state index in [4.69, 9.17) is 4.42 Å². The van der Waals surface area contributed by atoms with Crippen molar-refractivity contribution >= 4 is 49.8 Å². The van der Waals surface area contributed by atoms with E-state index in [0.29, 0.717) is 0 Å². The number of fused-ring (bicyclic) bond motifs is 7. The maximum absolute atomic E-state index is 6.85. The molecule has 2 heteroatoms. The van der Waals surface area contributed by atoms with E-state index in [9.17, 15) is 0 Å². The summed E-state index contributed by atoms with van der Waals surface area (Å²) in [6, 6.07) is 65.6. The lowest BCUT2D eigenvalue weighted by atomic mass is 9.74. The van der Waals surface area contributed by atoms with Crippen molar-refractivity contribution in [3.05, 3.63) is 199 Å². The van der Waals surface area contributed by atoms with E-state index in [0.717, 1.165) is 39.0 Å². The van der Waals surface area contributed by atoms with Crippen molar-refractivity contribution in [2.45, 2.75) is 12.3 Å². The summed E-state index contributed by atoms with van der Waals surface area (Å²) in [6.45, 7) is 2.35. The second-order valence-corrected chi connectivity index (χ2v) is 13.4. The maximum atomic E-state index is 6.85. The first kappa shape index (κ1) is 28.6. The van der Waals surface area contributed by atoms with Crippen LogP contribution < -0.4 is 4.90 Å². The highest BCUT2D eigenvalue weighted by atomic mass is 16.3. The van der Waals surface area contributed by atoms with Gasteiger partial charge in [0, 0.05) is 38.5 Å². The molecule has 1 heterocycles. The van der Waals surface area contributed by atoms with Crippen LogP contribution in [0, 0.1) is 0 Å². The van der Waals surface area contributed by atoms with Crippen LogP contribution in [-0.2, 0) is 5.41 Å². The molecule has 0 amide bonds. The van der Waals surface area contributed by atoms with Crippen LogP contribution in [0.4, 0.5) is 17.1 Å². The minimum atomic E-state index is -0.348. The first-order chi connectivity index (χ1) is 24.7. The molecule has 0 N–H and O–H groups in total. The summed E-state index contributed by atoms with van der Waals surface area (Å²) in [4.78, 5) is 2.38. The van der Waals surface area contributed by atoms with Crippen LogP contribution in [0.3, 0.4) is 0 Å². The third kappa shape index (κ3) is 4.22. The molecule has 2 nitrogen and oxygen atoms in total. The zero-order valence-electron chi connectivity index (χ0n) is 27.7. The average molecular weight is 640 g/mol. The standard InChI is InChI=1S/C48H33NO/c1-48(42-21-9-7-18-38(42)39-19-8-10-22-43(39)48)44-23-12-20-40-41-31-36(29-30-46(41)50-47(40)44)49(45-24-11-16-34-15-5-6-17-37(34)45)35-27-25-33(26-28-35)32-13-3-2-4-14-32/h2-31H,1H3. The van der Waals surface area contributed by atoms with Gasteiger partial charge < -0.3 is 9.32 Å². The van der Waals surface area contributed by atoms with Gasteiger partial charge >= 0.3 is 0 Å². The fraction of sp³-hybridized carbons (Fsp3) is 0.0417. The van der Waals surface area contributed by atoms with Gasteiger partial charge in [-0.1, -0.05) is 146 Å². The Hall–Kier alpha value is -6.38. The topological polar surface area (TPSA) is 16.4 Å². The Labute approximate surface area is 291 Å². The third-order valence-electron chi connectivity index (χ3n) is 10.7. The largest absolute Gasteiger partial charge is 0.456 e. The van der Waals surface area contributed by atoms with Crippen LogP contribution in [0.25, 0.3) is 55.0 Å². The number of nitrogens with zero attached hydrogens (tertiary/aromatic N) is 1. The fourth-order valence-corrected chi connectivity index (χ4v) is 8.33. The lowest BCUT2D eigenvalue weighted by molar-refractivity contribution is 0.638. The Kier molecular flexibility index (Phi) is 6.34. The van der Waals surface area contributed by atoms with Gasteiger partial charge in [-0.05, 0) is 82.1 Å². The van der Waals surface area contributed by atoms with E-state index in [2.05, 4.69) is 194 Å². The molecule has 236 valence electrons. The second-order valence-electron chi connectivity index (χ2n) is 13.4. The second kappa shape index (κ2) is 11.1. The quantitative estimate of drug-likeness (QED) is 0.186. The molecule has 0 fully saturated rings. The Morgan fingerprint density at radius 1 is 0.440 bits per heavy atom. The van der Waals surface area contributed by atoms with Gasteiger partial charge in [0.25, 0.3) is 0 Å². The molecule has 0 radical (unpaired) electrons. The van der Waals surface area contributed by atoms with Crippen molar-refractivity contribution in [2.24, 2.45) is 0 Å². The number of benzene rings is 8. The lowest BCUT2D eigenvalue weighted by Gasteiger charge is -2.28. The number of hydrogen-bond acceptors (Lipinski definition) is 2. The zero-order chi connectivity index (χ0) is 33.2. The summed E-state index contributed by atoms with van der Waals surface area (Å²) in [5.74, 6) is 0. The van der Waals surface area contributed by atoms with Gasteiger partial charge in [0.15, 0.2) is 0 Å². The highest BCUT2D eigenvalue weighted by Crippen LogP contribution is 2.54. The molecule has 0 bridgehead atoms. The van der Waals surface area contributed by atoms with Crippen LogP contribution >= 0.6 is 0 Å². The maximum Gasteiger partial charge on any atom is 0.139 e. The summed E-state index contributed by atoms with van der Waals surface area (Å²) in [7, 11) is 0. The molecular formula is C48H33NO. The number of rotatable bonds is 5. The van der Waals surface area contributed by atoms with Gasteiger partial charge in [-0.25, -0.2) is 0 Å². The van der Waals surface area contributed by atoms with Gasteiger partial charge in [-0.15, -0.1) is 0 Å². The monoisotopic (exact) mass is 639 g/mol. The predicted octanol–water partition coefficient (Wildman–Crippen LogP) is 13.2. The van der Waals surface area contributed by atoms with Crippen LogP contribution in [0.1, 0.15) is 23.6 Å². The number of anilines is 3. The molecule has 50 heavy (non-hydrogen) atoms. The first-order valence-corrected chi connectivity index (χ1v) is 17.3. The highest BCUT2D eigenvalue weighted by molar-refractivity contribution is 6.09. The molecule has 1 aliphatic rings. The van der Waals surface area contributed by atoms with E-state index in [1.54, 1.807) is 0 Å². The molecule has 0 unspecified atom stereocenters. The normalized spacial score (nSPS) is 13.1. The Morgan fingerprint density at radius 2 is 1.02 bits per heavy atom. The van der Waals surface area contributed by atoms with E-state index < -0.39 is 0 Å². The molecule has 0 spiro atoms. The Morgan fingerprint density at radius 3 is 1.80 bits per heavy atom. The van der Waals surface area contributed by atoms with Crippen molar-refractivity contribution in [3.63, 3.8) is 0 Å². The van der Waals surface area contributed by atoms with Crippen molar-refractivity contribution in [1.82, 2.24) is 0 Å². The lowest BCUT2D eigenvalue weighted by Crippen LogP contribution is -2.22. The molecule has 10 rings (SSSR count). The third-order valence-corrected chi connectivity index (χ3v) is 10.7. The van der Waals surface area contributed by atoms with Crippen LogP contribution in [0.5, 0.6) is 0 Å². The molecule has 8 aromatic carbocycles. The molecule has 9 aromatic rings. The summed E-state index contributed by atoms with van der Waals surface area (Å²) in [5.41, 5.74) is 13.6. The molecule has 0 saturated heterocycles. The minimum Gasteiger partial charge on any atom is -0.456 e. The summed E-state index contributed by atoms with van der Waals surface area (Å²) < 4.78 is 6.85. The molecule has 1 aromatic heterocycles. The molecular weight excluding hydrogens is 607 g/mol. The predicted molar refractivity (Wildman–Crippen MR) is 209 cm³/mol. The smallest absolute Gasteiger partial charge is 0.139 e. The minimum absolute atomic E-state index is 0.348. The van der Waals surface area contributed by atoms with Gasteiger partial charge in [-0.2, -0.15) is 0 Å². The number of furan rings is 1. The molecule has 0 saturated carbocycles. The highest BCUT2D eigenvalue weighted by Gasteiger charge is 2.42. The molecule has 0 atom stereocenters. The van der Waals surface area contributed by atoms with Gasteiger partial charge in [-0.3, -0.25) is 0 Å². The summed E-state index contributed by atoms with van der Waals surface area (Å²) in [6.07, 6.45) is 0. The van der Waals surface area contributed by atoms with E-state index >= 15 is 0 Å². The SMILES string of the molecule is CC1(c2cccc3c2oc2ccc(N(c4ccc(-c5ccccc5)cc4)c4cccc5ccccc45)cc23)c2ccccc2-c2ccccc21. The summed E-state index contributed by atoms with van der Waals surface area (Å²) >= 11 is 0. The van der Waals surface area contributed by atoms with E-state index in [1.165, 1.54) is 49.7 Å².